The van der Waals surface area contributed by atoms with Crippen LogP contribution in [-0.2, 0) is 23.3 Å². The fourth-order valence-electron chi connectivity index (χ4n) is 4.65. The van der Waals surface area contributed by atoms with E-state index in [1.807, 2.05) is 41.3 Å². The topological polar surface area (TPSA) is 52.7 Å². The van der Waals surface area contributed by atoms with E-state index in [4.69, 9.17) is 23.2 Å². The van der Waals surface area contributed by atoms with Gasteiger partial charge in [0.2, 0.25) is 5.91 Å². The molecule has 0 bridgehead atoms. The van der Waals surface area contributed by atoms with Gasteiger partial charge in [-0.3, -0.25) is 14.5 Å². The number of thiophene rings is 1. The highest BCUT2D eigenvalue weighted by Gasteiger charge is 2.53. The van der Waals surface area contributed by atoms with Crippen molar-refractivity contribution in [3.8, 4) is 0 Å². The zero-order valence-electron chi connectivity index (χ0n) is 19.3. The lowest BCUT2D eigenvalue weighted by Gasteiger charge is -2.36. The summed E-state index contributed by atoms with van der Waals surface area (Å²) < 4.78 is 0. The van der Waals surface area contributed by atoms with Crippen molar-refractivity contribution in [3.05, 3.63) is 91.6 Å². The van der Waals surface area contributed by atoms with Gasteiger partial charge in [0.1, 0.15) is 0 Å². The van der Waals surface area contributed by atoms with E-state index in [1.165, 1.54) is 11.3 Å². The fraction of sp³-hybridized carbons (Fsp3) is 0.333. The highest BCUT2D eigenvalue weighted by atomic mass is 35.5. The molecule has 0 spiro atoms. The van der Waals surface area contributed by atoms with Crippen LogP contribution in [-0.4, -0.2) is 47.8 Å². The first-order valence-corrected chi connectivity index (χ1v) is 13.4. The van der Waals surface area contributed by atoms with Crippen molar-refractivity contribution in [3.63, 3.8) is 0 Å². The number of rotatable bonds is 7. The van der Waals surface area contributed by atoms with Gasteiger partial charge in [-0.15, -0.1) is 11.3 Å². The van der Waals surface area contributed by atoms with Crippen molar-refractivity contribution >= 4 is 46.4 Å². The average molecular weight is 529 g/mol. The first kappa shape index (κ1) is 24.3. The van der Waals surface area contributed by atoms with Gasteiger partial charge in [-0.2, -0.15) is 0 Å². The third-order valence-corrected chi connectivity index (χ3v) is 8.52. The number of carbonyl (C=O) groups excluding carboxylic acids is 2. The second kappa shape index (κ2) is 10.3. The number of carbonyl (C=O) groups is 2. The molecule has 1 aromatic heterocycles. The predicted octanol–water partition coefficient (Wildman–Crippen LogP) is 5.36. The quantitative estimate of drug-likeness (QED) is 0.449. The molecule has 0 unspecified atom stereocenters. The maximum Gasteiger partial charge on any atom is 0.261 e. The molecule has 0 radical (unpaired) electrons. The number of piperazine rings is 1. The van der Waals surface area contributed by atoms with Crippen molar-refractivity contribution < 1.29 is 9.59 Å². The summed E-state index contributed by atoms with van der Waals surface area (Å²) in [7, 11) is 0. The average Bonchev–Trinajstić information content (AvgIpc) is 3.56. The molecule has 2 heterocycles. The third-order valence-electron chi connectivity index (χ3n) is 6.86. The smallest absolute Gasteiger partial charge is 0.261 e. The van der Waals surface area contributed by atoms with Crippen LogP contribution in [0.5, 0.6) is 0 Å². The van der Waals surface area contributed by atoms with Crippen LogP contribution in [0.15, 0.2) is 60.7 Å². The van der Waals surface area contributed by atoms with Gasteiger partial charge in [0, 0.05) is 54.2 Å². The Balaban J connectivity index is 1.11. The summed E-state index contributed by atoms with van der Waals surface area (Å²) in [6.45, 7) is 4.30. The Morgan fingerprint density at radius 3 is 2.37 bits per heavy atom. The Bertz CT molecular complexity index is 1220. The summed E-state index contributed by atoms with van der Waals surface area (Å²) in [5.74, 6) is 0.164. The molecule has 1 saturated heterocycles. The van der Waals surface area contributed by atoms with E-state index in [0.717, 1.165) is 61.6 Å². The Labute approximate surface area is 219 Å². The first-order chi connectivity index (χ1) is 16.9. The van der Waals surface area contributed by atoms with Crippen LogP contribution in [0.2, 0.25) is 10.0 Å². The molecule has 0 atom stereocenters. The van der Waals surface area contributed by atoms with Gasteiger partial charge in [0.15, 0.2) is 0 Å². The van der Waals surface area contributed by atoms with Crippen LogP contribution >= 0.6 is 34.5 Å². The van der Waals surface area contributed by atoms with E-state index >= 15 is 0 Å². The van der Waals surface area contributed by atoms with E-state index in [2.05, 4.69) is 22.3 Å². The lowest BCUT2D eigenvalue weighted by atomic mass is 9.94. The van der Waals surface area contributed by atoms with E-state index in [1.54, 1.807) is 12.1 Å². The first-order valence-electron chi connectivity index (χ1n) is 11.8. The minimum absolute atomic E-state index is 0.113. The zero-order valence-corrected chi connectivity index (χ0v) is 21.6. The molecule has 1 N–H and O–H groups in total. The molecule has 1 saturated carbocycles. The number of hydrogen-bond acceptors (Lipinski definition) is 4. The monoisotopic (exact) mass is 527 g/mol. The Kier molecular flexibility index (Phi) is 7.17. The van der Waals surface area contributed by atoms with Crippen LogP contribution < -0.4 is 5.32 Å². The third kappa shape index (κ3) is 5.41. The van der Waals surface area contributed by atoms with Crippen molar-refractivity contribution in [1.29, 1.82) is 0 Å². The van der Waals surface area contributed by atoms with Crippen molar-refractivity contribution in [2.75, 3.05) is 26.2 Å². The van der Waals surface area contributed by atoms with Crippen molar-refractivity contribution in [2.45, 2.75) is 31.3 Å². The number of benzene rings is 2. The molecule has 1 aliphatic carbocycles. The molecule has 1 aliphatic heterocycles. The molecule has 2 fully saturated rings. The molecule has 2 aromatic carbocycles. The number of hydrogen-bond donors (Lipinski definition) is 1. The molecule has 35 heavy (non-hydrogen) atoms. The summed E-state index contributed by atoms with van der Waals surface area (Å²) >= 11 is 13.6. The Morgan fingerprint density at radius 2 is 1.69 bits per heavy atom. The summed E-state index contributed by atoms with van der Waals surface area (Å²) in [6, 6.07) is 19.3. The largest absolute Gasteiger partial charge is 0.347 e. The fourth-order valence-corrected chi connectivity index (χ4v) is 6.09. The van der Waals surface area contributed by atoms with Crippen molar-refractivity contribution in [1.82, 2.24) is 15.1 Å². The molecule has 5 rings (SSSR count). The Morgan fingerprint density at radius 1 is 0.943 bits per heavy atom. The molecule has 8 heteroatoms. The molecule has 3 aromatic rings. The van der Waals surface area contributed by atoms with Crippen LogP contribution in [0.25, 0.3) is 0 Å². The van der Waals surface area contributed by atoms with Gasteiger partial charge in [-0.1, -0.05) is 59.6 Å². The second-order valence-electron chi connectivity index (χ2n) is 9.20. The summed E-state index contributed by atoms with van der Waals surface area (Å²) in [6.07, 6.45) is 1.89. The minimum atomic E-state index is -0.296. The zero-order chi connectivity index (χ0) is 24.4. The number of halogens is 2. The van der Waals surface area contributed by atoms with Crippen molar-refractivity contribution in [2.24, 2.45) is 0 Å². The number of amides is 2. The summed E-state index contributed by atoms with van der Waals surface area (Å²) in [5, 5.41) is 4.04. The summed E-state index contributed by atoms with van der Waals surface area (Å²) in [5.41, 5.74) is 1.68. The van der Waals surface area contributed by atoms with Gasteiger partial charge in [-0.25, -0.2) is 0 Å². The molecule has 2 aliphatic rings. The highest BCUT2D eigenvalue weighted by molar-refractivity contribution is 7.14. The Hall–Kier alpha value is -2.38. The maximum absolute atomic E-state index is 13.3. The van der Waals surface area contributed by atoms with E-state index < -0.39 is 0 Å². The predicted molar refractivity (Wildman–Crippen MR) is 141 cm³/mol. The molecular weight excluding hydrogens is 501 g/mol. The van der Waals surface area contributed by atoms with E-state index in [9.17, 15) is 9.59 Å². The normalized spacial score (nSPS) is 17.3. The van der Waals surface area contributed by atoms with E-state index in [-0.39, 0.29) is 17.2 Å². The lowest BCUT2D eigenvalue weighted by Crippen LogP contribution is -2.51. The van der Waals surface area contributed by atoms with Gasteiger partial charge < -0.3 is 10.2 Å². The SMILES string of the molecule is O=C(NCc1ccc(Cl)cc1Cl)c1ccc(CN2CCN(C(=O)C3(c4ccccc4)CC3)CC2)s1. The molecule has 182 valence electrons. The van der Waals surface area contributed by atoms with Gasteiger partial charge in [-0.05, 0) is 48.2 Å². The van der Waals surface area contributed by atoms with Crippen LogP contribution in [0.3, 0.4) is 0 Å². The number of nitrogens with zero attached hydrogens (tertiary/aromatic N) is 2. The molecule has 5 nitrogen and oxygen atoms in total. The van der Waals surface area contributed by atoms with Crippen LogP contribution in [0.4, 0.5) is 0 Å². The van der Waals surface area contributed by atoms with E-state index in [0.29, 0.717) is 21.5 Å². The summed E-state index contributed by atoms with van der Waals surface area (Å²) in [4.78, 5) is 32.1. The molecular formula is C27H27Cl2N3O2S. The van der Waals surface area contributed by atoms with Crippen LogP contribution in [0.1, 0.15) is 38.5 Å². The number of nitrogens with one attached hydrogen (secondary N) is 1. The molecule has 2 amide bonds. The second-order valence-corrected chi connectivity index (χ2v) is 11.2. The highest BCUT2D eigenvalue weighted by Crippen LogP contribution is 2.49. The van der Waals surface area contributed by atoms with Gasteiger partial charge in [0.25, 0.3) is 5.91 Å². The minimum Gasteiger partial charge on any atom is -0.347 e. The maximum atomic E-state index is 13.3. The lowest BCUT2D eigenvalue weighted by molar-refractivity contribution is -0.135. The van der Waals surface area contributed by atoms with Gasteiger partial charge >= 0.3 is 0 Å². The van der Waals surface area contributed by atoms with Crippen LogP contribution in [0, 0.1) is 0 Å². The van der Waals surface area contributed by atoms with Gasteiger partial charge in [0.05, 0.1) is 10.3 Å². The standard InChI is InChI=1S/C27H27Cl2N3O2S/c28-21-7-6-19(23(29)16-21)17-30-25(33)24-9-8-22(35-24)18-31-12-14-32(15-13-31)26(34)27(10-11-27)20-4-2-1-3-5-20/h1-9,16H,10-15,17-18H2,(H,30,33).